The van der Waals surface area contributed by atoms with E-state index in [1.807, 2.05) is 4.68 Å². The van der Waals surface area contributed by atoms with Crippen molar-refractivity contribution in [1.29, 1.82) is 0 Å². The van der Waals surface area contributed by atoms with Crippen molar-refractivity contribution in [3.05, 3.63) is 11.4 Å². The maximum absolute atomic E-state index is 5.92. The Morgan fingerprint density at radius 1 is 1.17 bits per heavy atom. The Hall–Kier alpha value is 0.01000. The van der Waals surface area contributed by atoms with Crippen LogP contribution < -0.4 is 0 Å². The molecule has 0 fully saturated rings. The van der Waals surface area contributed by atoms with Gasteiger partial charge in [0.05, 0.1) is 5.69 Å². The molecule has 1 rings (SSSR count). The van der Waals surface area contributed by atoms with Crippen LogP contribution in [-0.4, -0.2) is 15.0 Å². The number of alkyl halides is 3. The van der Waals surface area contributed by atoms with E-state index >= 15 is 0 Å². The third-order valence-electron chi connectivity index (χ3n) is 2.81. The first kappa shape index (κ1) is 16.1. The number of aryl methyl sites for hydroxylation is 1. The van der Waals surface area contributed by atoms with E-state index in [1.165, 1.54) is 19.3 Å². The van der Waals surface area contributed by atoms with Crippen molar-refractivity contribution in [3.8, 4) is 0 Å². The highest BCUT2D eigenvalue weighted by molar-refractivity contribution is 6.66. The van der Waals surface area contributed by atoms with Crippen molar-refractivity contribution in [2.75, 3.05) is 0 Å². The second-order valence-corrected chi connectivity index (χ2v) is 7.04. The molecule has 0 atom stereocenters. The molecule has 0 saturated carbocycles. The summed E-state index contributed by atoms with van der Waals surface area (Å²) in [5.41, 5.74) is 1.38. The van der Waals surface area contributed by atoms with Gasteiger partial charge in [0.2, 0.25) is 3.79 Å². The van der Waals surface area contributed by atoms with Crippen LogP contribution in [0.4, 0.5) is 0 Å². The van der Waals surface area contributed by atoms with Crippen LogP contribution in [0.25, 0.3) is 0 Å². The predicted molar refractivity (Wildman–Crippen MR) is 77.5 cm³/mol. The van der Waals surface area contributed by atoms with Gasteiger partial charge in [-0.2, -0.15) is 0 Å². The molecule has 0 radical (unpaired) electrons. The monoisotopic (exact) mass is 311 g/mol. The van der Waals surface area contributed by atoms with E-state index in [2.05, 4.69) is 31.1 Å². The van der Waals surface area contributed by atoms with Crippen molar-refractivity contribution in [2.45, 2.75) is 62.7 Å². The molecule has 0 aliphatic carbocycles. The van der Waals surface area contributed by atoms with Crippen LogP contribution in [0.15, 0.2) is 0 Å². The van der Waals surface area contributed by atoms with Crippen LogP contribution in [0.2, 0.25) is 0 Å². The van der Waals surface area contributed by atoms with E-state index in [0.717, 1.165) is 18.7 Å². The third-order valence-corrected chi connectivity index (χ3v) is 3.35. The molecule has 0 bridgehead atoms. The molecule has 3 nitrogen and oxygen atoms in total. The number of hydrogen-bond donors (Lipinski definition) is 0. The zero-order chi connectivity index (χ0) is 13.8. The lowest BCUT2D eigenvalue weighted by Crippen LogP contribution is -2.11. The minimum Gasteiger partial charge on any atom is -0.249 e. The Kier molecular flexibility index (Phi) is 6.22. The SMILES string of the molecule is CCCCCCn1nnc(C(Cl)(Cl)Cl)c1C(C)C. The van der Waals surface area contributed by atoms with Gasteiger partial charge in [-0.3, -0.25) is 0 Å². The number of nitrogens with zero attached hydrogens (tertiary/aromatic N) is 3. The van der Waals surface area contributed by atoms with Gasteiger partial charge in [0.1, 0.15) is 5.69 Å². The third kappa shape index (κ3) is 4.29. The molecule has 1 aromatic heterocycles. The zero-order valence-corrected chi connectivity index (χ0v) is 13.4. The molecule has 0 amide bonds. The molecule has 1 aromatic rings. The Labute approximate surface area is 124 Å². The van der Waals surface area contributed by atoms with E-state index in [1.54, 1.807) is 0 Å². The first-order valence-corrected chi connectivity index (χ1v) is 7.51. The zero-order valence-electron chi connectivity index (χ0n) is 11.1. The van der Waals surface area contributed by atoms with E-state index in [4.69, 9.17) is 34.8 Å². The van der Waals surface area contributed by atoms with Gasteiger partial charge < -0.3 is 0 Å². The van der Waals surface area contributed by atoms with Crippen molar-refractivity contribution in [2.24, 2.45) is 0 Å². The van der Waals surface area contributed by atoms with Crippen molar-refractivity contribution in [1.82, 2.24) is 15.0 Å². The summed E-state index contributed by atoms with van der Waals surface area (Å²) in [6.45, 7) is 7.14. The molecule has 0 saturated heterocycles. The second kappa shape index (κ2) is 6.97. The summed E-state index contributed by atoms with van der Waals surface area (Å²) in [6.07, 6.45) is 4.73. The highest BCUT2D eigenvalue weighted by Crippen LogP contribution is 2.40. The van der Waals surface area contributed by atoms with Crippen LogP contribution in [-0.2, 0) is 10.3 Å². The summed E-state index contributed by atoms with van der Waals surface area (Å²) < 4.78 is 0.374. The second-order valence-electron chi connectivity index (χ2n) is 4.76. The molecule has 0 aliphatic rings. The molecular formula is C12H20Cl3N3. The minimum atomic E-state index is -1.50. The summed E-state index contributed by atoms with van der Waals surface area (Å²) in [6, 6.07) is 0. The van der Waals surface area contributed by atoms with Gasteiger partial charge in [-0.25, -0.2) is 4.68 Å². The highest BCUT2D eigenvalue weighted by Gasteiger charge is 2.32. The topological polar surface area (TPSA) is 30.7 Å². The summed E-state index contributed by atoms with van der Waals surface area (Å²) in [5.74, 6) is 0.233. The van der Waals surface area contributed by atoms with Crippen LogP contribution in [0.3, 0.4) is 0 Å². The Balaban J connectivity index is 2.83. The number of rotatable bonds is 6. The van der Waals surface area contributed by atoms with Crippen LogP contribution >= 0.6 is 34.8 Å². The normalized spacial score (nSPS) is 12.4. The summed E-state index contributed by atoms with van der Waals surface area (Å²) >= 11 is 17.8. The highest BCUT2D eigenvalue weighted by atomic mass is 35.6. The number of hydrogen-bond acceptors (Lipinski definition) is 2. The van der Waals surface area contributed by atoms with Gasteiger partial charge in [0.15, 0.2) is 0 Å². The lowest BCUT2D eigenvalue weighted by Gasteiger charge is -2.14. The fourth-order valence-corrected chi connectivity index (χ4v) is 2.35. The minimum absolute atomic E-state index is 0.233. The summed E-state index contributed by atoms with van der Waals surface area (Å²) in [7, 11) is 0. The smallest absolute Gasteiger partial charge is 0.236 e. The molecule has 6 heteroatoms. The van der Waals surface area contributed by atoms with Crippen LogP contribution in [0.1, 0.15) is 63.8 Å². The largest absolute Gasteiger partial charge is 0.249 e. The first-order valence-electron chi connectivity index (χ1n) is 6.38. The quantitative estimate of drug-likeness (QED) is 0.557. The number of aromatic nitrogens is 3. The Morgan fingerprint density at radius 2 is 1.83 bits per heavy atom. The van der Waals surface area contributed by atoms with Crippen LogP contribution in [0.5, 0.6) is 0 Å². The predicted octanol–water partition coefficient (Wildman–Crippen LogP) is 4.81. The van der Waals surface area contributed by atoms with E-state index in [0.29, 0.717) is 5.69 Å². The van der Waals surface area contributed by atoms with E-state index in [9.17, 15) is 0 Å². The molecular weight excluding hydrogens is 293 g/mol. The van der Waals surface area contributed by atoms with Crippen molar-refractivity contribution >= 4 is 34.8 Å². The standard InChI is InChI=1S/C12H20Cl3N3/c1-4-5-6-7-8-18-10(9(2)3)11(16-17-18)12(13,14)15/h9H,4-8H2,1-3H3. The molecule has 1 heterocycles. The molecule has 18 heavy (non-hydrogen) atoms. The lowest BCUT2D eigenvalue weighted by atomic mass is 10.1. The fourth-order valence-electron chi connectivity index (χ4n) is 1.95. The van der Waals surface area contributed by atoms with E-state index in [-0.39, 0.29) is 5.92 Å². The fraction of sp³-hybridized carbons (Fsp3) is 0.833. The maximum atomic E-state index is 5.92. The average Bonchev–Trinajstić information content (AvgIpc) is 2.67. The molecule has 0 spiro atoms. The van der Waals surface area contributed by atoms with Crippen LogP contribution in [0, 0.1) is 0 Å². The van der Waals surface area contributed by atoms with Crippen molar-refractivity contribution in [3.63, 3.8) is 0 Å². The Bertz CT molecular complexity index is 369. The molecule has 0 N–H and O–H groups in total. The van der Waals surface area contributed by atoms with Gasteiger partial charge in [0, 0.05) is 6.54 Å². The average molecular weight is 313 g/mol. The van der Waals surface area contributed by atoms with Gasteiger partial charge >= 0.3 is 0 Å². The summed E-state index contributed by atoms with van der Waals surface area (Å²) in [4.78, 5) is 0. The lowest BCUT2D eigenvalue weighted by molar-refractivity contribution is 0.503. The van der Waals surface area contributed by atoms with Gasteiger partial charge in [-0.15, -0.1) is 5.10 Å². The summed E-state index contributed by atoms with van der Waals surface area (Å²) in [5, 5.41) is 8.14. The number of halogens is 3. The molecule has 104 valence electrons. The molecule has 0 aliphatic heterocycles. The van der Waals surface area contributed by atoms with Gasteiger partial charge in [-0.05, 0) is 12.3 Å². The first-order chi connectivity index (χ1) is 8.38. The van der Waals surface area contributed by atoms with Gasteiger partial charge in [-0.1, -0.05) is 80.0 Å². The van der Waals surface area contributed by atoms with E-state index < -0.39 is 3.79 Å². The maximum Gasteiger partial charge on any atom is 0.236 e. The molecule has 0 unspecified atom stereocenters. The Morgan fingerprint density at radius 3 is 2.33 bits per heavy atom. The molecule has 0 aromatic carbocycles. The van der Waals surface area contributed by atoms with Crippen molar-refractivity contribution < 1.29 is 0 Å². The van der Waals surface area contributed by atoms with Gasteiger partial charge in [0.25, 0.3) is 0 Å². The number of unbranched alkanes of at least 4 members (excludes halogenated alkanes) is 3.